The third-order valence-corrected chi connectivity index (χ3v) is 4.69. The predicted octanol–water partition coefficient (Wildman–Crippen LogP) is 3.49. The number of amides is 1. The third-order valence-electron chi connectivity index (χ3n) is 4.37. The van der Waals surface area contributed by atoms with E-state index in [9.17, 15) is 4.79 Å². The third kappa shape index (κ3) is 2.98. The second-order valence-corrected chi connectivity index (χ2v) is 6.71. The highest BCUT2D eigenvalue weighted by atomic mass is 35.5. The number of hydrogen-bond donors (Lipinski definition) is 0. The number of aromatic nitrogens is 3. The van der Waals surface area contributed by atoms with Crippen molar-refractivity contribution in [1.29, 1.82) is 0 Å². The number of likely N-dealkylation sites (tertiary alicyclic amines) is 1. The summed E-state index contributed by atoms with van der Waals surface area (Å²) in [6, 6.07) is 7.69. The quantitative estimate of drug-likeness (QED) is 0.864. The van der Waals surface area contributed by atoms with E-state index < -0.39 is 0 Å². The standard InChI is InChI=1S/C17H21ClN4O/c1-11(2)14-9-6-10-21(14)17(23)16-19-12(3)22(20-16)15-8-5-4-7-13(15)18/h4-5,7-8,11,14H,6,9-10H2,1-3H3/t14-/m0/s1. The molecule has 2 heterocycles. The van der Waals surface area contributed by atoms with Gasteiger partial charge in [-0.1, -0.05) is 37.6 Å². The number of carbonyl (C=O) groups excluding carboxylic acids is 1. The zero-order chi connectivity index (χ0) is 16.6. The van der Waals surface area contributed by atoms with Gasteiger partial charge < -0.3 is 4.90 Å². The molecule has 1 saturated heterocycles. The van der Waals surface area contributed by atoms with Crippen LogP contribution in [0.4, 0.5) is 0 Å². The smallest absolute Gasteiger partial charge is 0.293 e. The highest BCUT2D eigenvalue weighted by Crippen LogP contribution is 2.26. The molecule has 1 aromatic carbocycles. The van der Waals surface area contributed by atoms with Gasteiger partial charge in [-0.15, -0.1) is 5.10 Å². The first-order chi connectivity index (χ1) is 11.0. The molecule has 1 fully saturated rings. The Morgan fingerprint density at radius 3 is 2.78 bits per heavy atom. The van der Waals surface area contributed by atoms with Crippen LogP contribution in [0.1, 0.15) is 43.1 Å². The molecule has 1 amide bonds. The van der Waals surface area contributed by atoms with Gasteiger partial charge in [-0.25, -0.2) is 9.67 Å². The Bertz CT molecular complexity index is 725. The van der Waals surface area contributed by atoms with Crippen molar-refractivity contribution >= 4 is 17.5 Å². The second-order valence-electron chi connectivity index (χ2n) is 6.30. The molecule has 1 aliphatic heterocycles. The lowest BCUT2D eigenvalue weighted by atomic mass is 10.0. The minimum Gasteiger partial charge on any atom is -0.333 e. The number of halogens is 1. The van der Waals surface area contributed by atoms with E-state index in [1.54, 1.807) is 10.7 Å². The molecule has 0 radical (unpaired) electrons. The summed E-state index contributed by atoms with van der Waals surface area (Å²) in [5.74, 6) is 1.25. The van der Waals surface area contributed by atoms with Gasteiger partial charge in [-0.05, 0) is 37.8 Å². The number of benzene rings is 1. The molecule has 0 N–H and O–H groups in total. The Morgan fingerprint density at radius 2 is 2.09 bits per heavy atom. The molecular weight excluding hydrogens is 312 g/mol. The van der Waals surface area contributed by atoms with Gasteiger partial charge in [0.05, 0.1) is 10.7 Å². The van der Waals surface area contributed by atoms with Crippen molar-refractivity contribution in [1.82, 2.24) is 19.7 Å². The minimum absolute atomic E-state index is 0.0879. The lowest BCUT2D eigenvalue weighted by Crippen LogP contribution is -2.39. The SMILES string of the molecule is Cc1nc(C(=O)N2CCC[C@H]2C(C)C)nn1-c1ccccc1Cl. The van der Waals surface area contributed by atoms with Gasteiger partial charge in [0.25, 0.3) is 5.91 Å². The van der Waals surface area contributed by atoms with Crippen molar-refractivity contribution in [3.05, 3.63) is 40.9 Å². The van der Waals surface area contributed by atoms with Gasteiger partial charge in [-0.2, -0.15) is 0 Å². The molecule has 0 bridgehead atoms. The number of nitrogens with zero attached hydrogens (tertiary/aromatic N) is 4. The molecule has 1 atom stereocenters. The Hall–Kier alpha value is -1.88. The number of para-hydroxylation sites is 1. The van der Waals surface area contributed by atoms with Crippen LogP contribution in [-0.2, 0) is 0 Å². The van der Waals surface area contributed by atoms with Crippen LogP contribution in [0.3, 0.4) is 0 Å². The second kappa shape index (κ2) is 6.32. The maximum atomic E-state index is 12.8. The van der Waals surface area contributed by atoms with Crippen LogP contribution in [0.15, 0.2) is 24.3 Å². The molecule has 122 valence electrons. The van der Waals surface area contributed by atoms with E-state index in [0.29, 0.717) is 16.8 Å². The Morgan fingerprint density at radius 1 is 1.35 bits per heavy atom. The van der Waals surface area contributed by atoms with Gasteiger partial charge in [0.2, 0.25) is 5.82 Å². The van der Waals surface area contributed by atoms with Crippen LogP contribution in [0, 0.1) is 12.8 Å². The van der Waals surface area contributed by atoms with Crippen molar-refractivity contribution in [2.45, 2.75) is 39.7 Å². The van der Waals surface area contributed by atoms with Crippen LogP contribution >= 0.6 is 11.6 Å². The van der Waals surface area contributed by atoms with Crippen LogP contribution in [0.25, 0.3) is 5.69 Å². The molecule has 1 aromatic heterocycles. The van der Waals surface area contributed by atoms with Crippen molar-refractivity contribution < 1.29 is 4.79 Å². The van der Waals surface area contributed by atoms with Crippen molar-refractivity contribution in [3.63, 3.8) is 0 Å². The average Bonchev–Trinajstić information content (AvgIpc) is 3.14. The summed E-state index contributed by atoms with van der Waals surface area (Å²) in [5.41, 5.74) is 0.736. The summed E-state index contributed by atoms with van der Waals surface area (Å²) >= 11 is 6.23. The minimum atomic E-state index is -0.0879. The van der Waals surface area contributed by atoms with Crippen molar-refractivity contribution in [3.8, 4) is 5.69 Å². The summed E-state index contributed by atoms with van der Waals surface area (Å²) < 4.78 is 1.63. The zero-order valence-corrected chi connectivity index (χ0v) is 14.4. The topological polar surface area (TPSA) is 51.0 Å². The molecule has 0 aliphatic carbocycles. The van der Waals surface area contributed by atoms with E-state index in [1.807, 2.05) is 30.0 Å². The van der Waals surface area contributed by atoms with Gasteiger partial charge in [0.1, 0.15) is 5.82 Å². The molecule has 5 nitrogen and oxygen atoms in total. The summed E-state index contributed by atoms with van der Waals surface area (Å²) in [4.78, 5) is 19.1. The Labute approximate surface area is 141 Å². The maximum absolute atomic E-state index is 12.8. The van der Waals surface area contributed by atoms with E-state index in [2.05, 4.69) is 23.9 Å². The van der Waals surface area contributed by atoms with Gasteiger partial charge in [-0.3, -0.25) is 4.79 Å². The van der Waals surface area contributed by atoms with Gasteiger partial charge >= 0.3 is 0 Å². The highest BCUT2D eigenvalue weighted by Gasteiger charge is 2.33. The molecule has 6 heteroatoms. The fourth-order valence-electron chi connectivity index (χ4n) is 3.20. The predicted molar refractivity (Wildman–Crippen MR) is 90.0 cm³/mol. The van der Waals surface area contributed by atoms with Gasteiger partial charge in [0, 0.05) is 12.6 Å². The molecule has 0 spiro atoms. The largest absolute Gasteiger partial charge is 0.333 e. The fraction of sp³-hybridized carbons (Fsp3) is 0.471. The average molecular weight is 333 g/mol. The number of rotatable bonds is 3. The van der Waals surface area contributed by atoms with E-state index >= 15 is 0 Å². The molecule has 23 heavy (non-hydrogen) atoms. The first-order valence-electron chi connectivity index (χ1n) is 7.98. The van der Waals surface area contributed by atoms with E-state index in [0.717, 1.165) is 25.1 Å². The maximum Gasteiger partial charge on any atom is 0.293 e. The number of hydrogen-bond acceptors (Lipinski definition) is 3. The number of carbonyl (C=O) groups is 1. The van der Waals surface area contributed by atoms with Crippen molar-refractivity contribution in [2.75, 3.05) is 6.54 Å². The van der Waals surface area contributed by atoms with E-state index in [1.165, 1.54) is 0 Å². The molecule has 0 unspecified atom stereocenters. The summed E-state index contributed by atoms with van der Waals surface area (Å²) in [6.07, 6.45) is 2.09. The fourth-order valence-corrected chi connectivity index (χ4v) is 3.41. The normalized spacial score (nSPS) is 18.0. The molecular formula is C17H21ClN4O. The van der Waals surface area contributed by atoms with Crippen LogP contribution in [0.2, 0.25) is 5.02 Å². The Balaban J connectivity index is 1.92. The summed E-state index contributed by atoms with van der Waals surface area (Å²) in [7, 11) is 0. The lowest BCUT2D eigenvalue weighted by molar-refractivity contribution is 0.0689. The monoisotopic (exact) mass is 332 g/mol. The number of aryl methyl sites for hydroxylation is 1. The molecule has 2 aromatic rings. The first-order valence-corrected chi connectivity index (χ1v) is 8.36. The zero-order valence-electron chi connectivity index (χ0n) is 13.7. The summed E-state index contributed by atoms with van der Waals surface area (Å²) in [5, 5.41) is 4.99. The molecule has 1 aliphatic rings. The summed E-state index contributed by atoms with van der Waals surface area (Å²) in [6.45, 7) is 6.91. The molecule has 3 rings (SSSR count). The molecule has 0 saturated carbocycles. The van der Waals surface area contributed by atoms with Crippen LogP contribution in [0.5, 0.6) is 0 Å². The van der Waals surface area contributed by atoms with Crippen LogP contribution < -0.4 is 0 Å². The lowest BCUT2D eigenvalue weighted by Gasteiger charge is -2.26. The Kier molecular flexibility index (Phi) is 4.39. The highest BCUT2D eigenvalue weighted by molar-refractivity contribution is 6.32. The van der Waals surface area contributed by atoms with Crippen molar-refractivity contribution in [2.24, 2.45) is 5.92 Å². The van der Waals surface area contributed by atoms with E-state index in [-0.39, 0.29) is 17.8 Å². The van der Waals surface area contributed by atoms with E-state index in [4.69, 9.17) is 11.6 Å². The van der Waals surface area contributed by atoms with Crippen LogP contribution in [-0.4, -0.2) is 38.2 Å². The van der Waals surface area contributed by atoms with Gasteiger partial charge in [0.15, 0.2) is 0 Å². The first kappa shape index (κ1) is 16.0.